The SMILES string of the molecule is C[C@@]12O[C@@](CCOc3ccc4c(c3)OCO4)(CC1O)c1c2c(O)n(-c2ccc(C#N)c3ccccc23)c1O. The van der Waals surface area contributed by atoms with Gasteiger partial charge in [0.25, 0.3) is 0 Å². The standard InChI is InChI=1S/C29H24N2O7/c1-28-23(32)13-29(38-28,10-11-35-17-7-9-21-22(12-17)37-15-36-21)25-24(28)26(33)31(27(25)34)20-8-6-16(14-30)18-4-2-3-5-19(18)20/h2-9,12,23,32-34H,10-11,13,15H2,1H3/t23?,28-,29+/m1/s1. The van der Waals surface area contributed by atoms with Gasteiger partial charge in [-0.2, -0.15) is 5.26 Å². The van der Waals surface area contributed by atoms with Gasteiger partial charge in [0.05, 0.1) is 41.2 Å². The maximum absolute atomic E-state index is 11.6. The van der Waals surface area contributed by atoms with E-state index in [4.69, 9.17) is 18.9 Å². The molecule has 2 bridgehead atoms. The molecule has 192 valence electrons. The van der Waals surface area contributed by atoms with Gasteiger partial charge < -0.3 is 34.3 Å². The molecule has 4 heterocycles. The van der Waals surface area contributed by atoms with Gasteiger partial charge in [-0.25, -0.2) is 0 Å². The van der Waals surface area contributed by atoms with Crippen LogP contribution < -0.4 is 14.2 Å². The molecule has 1 saturated heterocycles. The van der Waals surface area contributed by atoms with Crippen molar-refractivity contribution < 1.29 is 34.3 Å². The number of benzene rings is 3. The molecule has 9 heteroatoms. The molecule has 4 aromatic rings. The van der Waals surface area contributed by atoms with E-state index in [1.165, 1.54) is 4.57 Å². The van der Waals surface area contributed by atoms with Crippen LogP contribution in [0, 0.1) is 11.3 Å². The Labute approximate surface area is 217 Å². The maximum Gasteiger partial charge on any atom is 0.231 e. The third-order valence-corrected chi connectivity index (χ3v) is 8.02. The summed E-state index contributed by atoms with van der Waals surface area (Å²) < 4.78 is 24.5. The van der Waals surface area contributed by atoms with Crippen LogP contribution in [-0.4, -0.2) is 39.4 Å². The largest absolute Gasteiger partial charge is 0.494 e. The minimum Gasteiger partial charge on any atom is -0.494 e. The third kappa shape index (κ3) is 2.93. The summed E-state index contributed by atoms with van der Waals surface area (Å²) in [6.45, 7) is 2.13. The van der Waals surface area contributed by atoms with Gasteiger partial charge in [0.15, 0.2) is 11.5 Å². The van der Waals surface area contributed by atoms with Crippen LogP contribution in [0.15, 0.2) is 54.6 Å². The monoisotopic (exact) mass is 512 g/mol. The van der Waals surface area contributed by atoms with Crippen LogP contribution in [0.2, 0.25) is 0 Å². The van der Waals surface area contributed by atoms with Gasteiger partial charge in [-0.05, 0) is 31.2 Å². The first-order valence-corrected chi connectivity index (χ1v) is 12.4. The first-order valence-electron chi connectivity index (χ1n) is 12.4. The molecule has 0 amide bonds. The van der Waals surface area contributed by atoms with Gasteiger partial charge in [0.1, 0.15) is 17.0 Å². The predicted molar refractivity (Wildman–Crippen MR) is 135 cm³/mol. The predicted octanol–water partition coefficient (Wildman–Crippen LogP) is 4.32. The Balaban J connectivity index is 1.29. The third-order valence-electron chi connectivity index (χ3n) is 8.02. The molecule has 1 unspecified atom stereocenters. The number of hydrogen-bond acceptors (Lipinski definition) is 8. The van der Waals surface area contributed by atoms with Crippen LogP contribution in [0.1, 0.15) is 36.5 Å². The van der Waals surface area contributed by atoms with Crippen LogP contribution in [0.5, 0.6) is 29.0 Å². The number of hydrogen-bond donors (Lipinski definition) is 3. The zero-order chi connectivity index (χ0) is 26.2. The zero-order valence-electron chi connectivity index (χ0n) is 20.5. The molecule has 0 aliphatic carbocycles. The van der Waals surface area contributed by atoms with E-state index < -0.39 is 17.3 Å². The minimum atomic E-state index is -1.21. The highest BCUT2D eigenvalue weighted by Gasteiger charge is 2.66. The molecular formula is C29H24N2O7. The lowest BCUT2D eigenvalue weighted by Crippen LogP contribution is -2.33. The minimum absolute atomic E-state index is 0.161. The van der Waals surface area contributed by atoms with E-state index in [9.17, 15) is 20.6 Å². The van der Waals surface area contributed by atoms with Gasteiger partial charge >= 0.3 is 0 Å². The lowest BCUT2D eigenvalue weighted by Gasteiger charge is -2.26. The Morgan fingerprint density at radius 2 is 1.79 bits per heavy atom. The summed E-state index contributed by atoms with van der Waals surface area (Å²) in [5.41, 5.74) is -0.437. The van der Waals surface area contributed by atoms with E-state index in [1.54, 1.807) is 37.3 Å². The number of aromatic nitrogens is 1. The van der Waals surface area contributed by atoms with E-state index in [0.717, 1.165) is 0 Å². The van der Waals surface area contributed by atoms with Crippen LogP contribution >= 0.6 is 0 Å². The fraction of sp³-hybridized carbons (Fsp3) is 0.276. The van der Waals surface area contributed by atoms with Crippen LogP contribution in [-0.2, 0) is 15.9 Å². The average molecular weight is 513 g/mol. The van der Waals surface area contributed by atoms with Gasteiger partial charge in [0.2, 0.25) is 18.6 Å². The molecule has 3 N–H and O–H groups in total. The summed E-state index contributed by atoms with van der Waals surface area (Å²) in [4.78, 5) is 0. The van der Waals surface area contributed by atoms with Crippen molar-refractivity contribution in [1.29, 1.82) is 5.26 Å². The molecule has 38 heavy (non-hydrogen) atoms. The number of aliphatic hydroxyl groups excluding tert-OH is 1. The normalized spacial score (nSPS) is 24.5. The number of nitrogens with zero attached hydrogens (tertiary/aromatic N) is 2. The number of aliphatic hydroxyl groups is 1. The summed E-state index contributed by atoms with van der Waals surface area (Å²) in [6, 6.07) is 18.2. The van der Waals surface area contributed by atoms with Crippen molar-refractivity contribution in [1.82, 2.24) is 4.57 Å². The number of ether oxygens (including phenoxy) is 4. The Kier molecular flexibility index (Phi) is 4.68. The smallest absolute Gasteiger partial charge is 0.231 e. The fourth-order valence-electron chi connectivity index (χ4n) is 6.22. The summed E-state index contributed by atoms with van der Waals surface area (Å²) >= 11 is 0. The molecule has 1 fully saturated rings. The second-order valence-electron chi connectivity index (χ2n) is 10.1. The Bertz CT molecular complexity index is 1670. The van der Waals surface area contributed by atoms with Crippen LogP contribution in [0.25, 0.3) is 16.5 Å². The number of rotatable bonds is 5. The maximum atomic E-state index is 11.6. The molecule has 9 nitrogen and oxygen atoms in total. The molecule has 3 aliphatic heterocycles. The van der Waals surface area contributed by atoms with Crippen molar-refractivity contribution in [2.75, 3.05) is 13.4 Å². The van der Waals surface area contributed by atoms with Crippen molar-refractivity contribution in [3.05, 3.63) is 71.3 Å². The van der Waals surface area contributed by atoms with Gasteiger partial charge in [-0.1, -0.05) is 24.3 Å². The highest BCUT2D eigenvalue weighted by atomic mass is 16.7. The molecule has 3 aliphatic rings. The molecule has 3 aromatic carbocycles. The summed E-state index contributed by atoms with van der Waals surface area (Å²) in [5.74, 6) is 1.50. The van der Waals surface area contributed by atoms with Gasteiger partial charge in [-0.15, -0.1) is 0 Å². The van der Waals surface area contributed by atoms with E-state index in [1.807, 2.05) is 24.3 Å². The number of nitriles is 1. The molecule has 0 saturated carbocycles. The second kappa shape index (κ2) is 7.81. The Hall–Kier alpha value is -4.39. The molecular weight excluding hydrogens is 488 g/mol. The number of fused-ring (bicyclic) bond motifs is 7. The molecule has 0 radical (unpaired) electrons. The molecule has 3 atom stereocenters. The lowest BCUT2D eigenvalue weighted by atomic mass is 9.76. The van der Waals surface area contributed by atoms with Crippen molar-refractivity contribution in [3.63, 3.8) is 0 Å². The van der Waals surface area contributed by atoms with Gasteiger partial charge in [0, 0.05) is 29.7 Å². The van der Waals surface area contributed by atoms with Crippen molar-refractivity contribution in [2.24, 2.45) is 0 Å². The molecule has 0 spiro atoms. The molecule has 1 aromatic heterocycles. The highest BCUT2D eigenvalue weighted by molar-refractivity contribution is 5.95. The van der Waals surface area contributed by atoms with Crippen molar-refractivity contribution >= 4 is 10.8 Å². The lowest BCUT2D eigenvalue weighted by molar-refractivity contribution is -0.107. The summed E-state index contributed by atoms with van der Waals surface area (Å²) in [7, 11) is 0. The quantitative estimate of drug-likeness (QED) is 0.361. The average Bonchev–Trinajstić information content (AvgIpc) is 3.62. The van der Waals surface area contributed by atoms with E-state index in [0.29, 0.717) is 56.8 Å². The second-order valence-corrected chi connectivity index (χ2v) is 10.1. The summed E-state index contributed by atoms with van der Waals surface area (Å²) in [5, 5.41) is 45.0. The Morgan fingerprint density at radius 3 is 2.61 bits per heavy atom. The molecule has 7 rings (SSSR count). The summed E-state index contributed by atoms with van der Waals surface area (Å²) in [6.07, 6.45) is -0.322. The van der Waals surface area contributed by atoms with E-state index >= 15 is 0 Å². The van der Waals surface area contributed by atoms with Crippen molar-refractivity contribution in [3.8, 4) is 40.8 Å². The zero-order valence-corrected chi connectivity index (χ0v) is 20.5. The topological polar surface area (TPSA) is 126 Å². The van der Waals surface area contributed by atoms with E-state index in [2.05, 4.69) is 6.07 Å². The van der Waals surface area contributed by atoms with Gasteiger partial charge in [-0.3, -0.25) is 4.57 Å². The Morgan fingerprint density at radius 1 is 1.03 bits per heavy atom. The van der Waals surface area contributed by atoms with Crippen LogP contribution in [0.4, 0.5) is 0 Å². The first-order chi connectivity index (χ1) is 18.4. The van der Waals surface area contributed by atoms with E-state index in [-0.39, 0.29) is 31.6 Å². The van der Waals surface area contributed by atoms with Crippen molar-refractivity contribution in [2.45, 2.75) is 37.1 Å². The first kappa shape index (κ1) is 22.8. The van der Waals surface area contributed by atoms with Crippen LogP contribution in [0.3, 0.4) is 0 Å². The fourth-order valence-corrected chi connectivity index (χ4v) is 6.22. The number of aromatic hydroxyl groups is 2. The highest BCUT2D eigenvalue weighted by Crippen LogP contribution is 2.65.